The molecule has 1 atom stereocenters. The summed E-state index contributed by atoms with van der Waals surface area (Å²) in [6.45, 7) is 0. The van der Waals surface area contributed by atoms with Crippen molar-refractivity contribution >= 4 is 27.5 Å². The van der Waals surface area contributed by atoms with E-state index in [0.717, 1.165) is 21.3 Å². The van der Waals surface area contributed by atoms with Crippen molar-refractivity contribution in [2.24, 2.45) is 5.84 Å². The fourth-order valence-electron chi connectivity index (χ4n) is 2.01. The number of rotatable bonds is 4. The molecule has 5 heteroatoms. The second-order valence-electron chi connectivity index (χ2n) is 4.04. The van der Waals surface area contributed by atoms with Crippen LogP contribution >= 0.6 is 27.5 Å². The van der Waals surface area contributed by atoms with E-state index in [2.05, 4.69) is 21.4 Å². The number of halogens is 2. The average Bonchev–Trinajstić information content (AvgIpc) is 2.39. The third-order valence-electron chi connectivity index (χ3n) is 2.83. The number of hydrogen-bond donors (Lipinski definition) is 2. The maximum absolute atomic E-state index is 6.08. The van der Waals surface area contributed by atoms with Gasteiger partial charge in [-0.2, -0.15) is 0 Å². The van der Waals surface area contributed by atoms with E-state index in [1.807, 2.05) is 42.5 Å². The molecular formula is C14H14BrClN2O. The SMILES string of the molecule is COc1ccccc1C(NN)c1cc(Cl)cc(Br)c1. The van der Waals surface area contributed by atoms with Gasteiger partial charge in [0.2, 0.25) is 0 Å². The number of nitrogens with two attached hydrogens (primary N) is 1. The number of ether oxygens (including phenoxy) is 1. The first-order chi connectivity index (χ1) is 9.15. The lowest BCUT2D eigenvalue weighted by Crippen LogP contribution is -2.29. The summed E-state index contributed by atoms with van der Waals surface area (Å²) in [5.41, 5.74) is 4.73. The average molecular weight is 342 g/mol. The monoisotopic (exact) mass is 340 g/mol. The lowest BCUT2D eigenvalue weighted by atomic mass is 9.98. The van der Waals surface area contributed by atoms with Crippen molar-refractivity contribution in [2.75, 3.05) is 7.11 Å². The summed E-state index contributed by atoms with van der Waals surface area (Å²) < 4.78 is 6.28. The largest absolute Gasteiger partial charge is 0.496 e. The predicted molar refractivity (Wildman–Crippen MR) is 81.3 cm³/mol. The van der Waals surface area contributed by atoms with E-state index in [0.29, 0.717) is 5.02 Å². The van der Waals surface area contributed by atoms with E-state index >= 15 is 0 Å². The number of para-hydroxylation sites is 1. The van der Waals surface area contributed by atoms with E-state index in [1.54, 1.807) is 7.11 Å². The topological polar surface area (TPSA) is 47.3 Å². The fourth-order valence-corrected chi connectivity index (χ4v) is 2.90. The Balaban J connectivity index is 2.49. The third-order valence-corrected chi connectivity index (χ3v) is 3.51. The molecule has 0 fully saturated rings. The lowest BCUT2D eigenvalue weighted by molar-refractivity contribution is 0.404. The van der Waals surface area contributed by atoms with E-state index in [9.17, 15) is 0 Å². The Morgan fingerprint density at radius 2 is 2.00 bits per heavy atom. The van der Waals surface area contributed by atoms with Crippen molar-refractivity contribution in [3.63, 3.8) is 0 Å². The van der Waals surface area contributed by atoms with Crippen molar-refractivity contribution in [2.45, 2.75) is 6.04 Å². The van der Waals surface area contributed by atoms with Gasteiger partial charge in [0.25, 0.3) is 0 Å². The van der Waals surface area contributed by atoms with Crippen LogP contribution in [0.25, 0.3) is 0 Å². The molecule has 3 nitrogen and oxygen atoms in total. The predicted octanol–water partition coefficient (Wildman–Crippen LogP) is 3.66. The minimum atomic E-state index is -0.189. The van der Waals surface area contributed by atoms with Gasteiger partial charge in [0.05, 0.1) is 13.2 Å². The van der Waals surface area contributed by atoms with Crippen LogP contribution in [0.1, 0.15) is 17.2 Å². The molecule has 19 heavy (non-hydrogen) atoms. The van der Waals surface area contributed by atoms with Crippen LogP contribution in [0.3, 0.4) is 0 Å². The minimum absolute atomic E-state index is 0.189. The normalized spacial score (nSPS) is 12.2. The Bertz CT molecular complexity index is 557. The van der Waals surface area contributed by atoms with Gasteiger partial charge in [-0.3, -0.25) is 5.84 Å². The summed E-state index contributed by atoms with van der Waals surface area (Å²) in [5.74, 6) is 6.48. The van der Waals surface area contributed by atoms with Crippen molar-refractivity contribution in [3.8, 4) is 5.75 Å². The standard InChI is InChI=1S/C14H14BrClN2O/c1-19-13-5-3-2-4-12(13)14(18-17)9-6-10(15)8-11(16)7-9/h2-8,14,18H,17H2,1H3. The van der Waals surface area contributed by atoms with Crippen molar-refractivity contribution < 1.29 is 4.74 Å². The zero-order valence-corrected chi connectivity index (χ0v) is 12.7. The summed E-state index contributed by atoms with van der Waals surface area (Å²) in [6, 6.07) is 13.2. The van der Waals surface area contributed by atoms with Crippen LogP contribution in [0, 0.1) is 0 Å². The Hall–Kier alpha value is -1.07. The van der Waals surface area contributed by atoms with Gasteiger partial charge in [-0.15, -0.1) is 0 Å². The molecule has 0 saturated heterocycles. The van der Waals surface area contributed by atoms with E-state index in [1.165, 1.54) is 0 Å². The molecule has 0 aliphatic carbocycles. The molecule has 0 aromatic heterocycles. The number of methoxy groups -OCH3 is 1. The van der Waals surface area contributed by atoms with Crippen LogP contribution in [0.2, 0.25) is 5.02 Å². The number of nitrogens with one attached hydrogen (secondary N) is 1. The zero-order valence-electron chi connectivity index (χ0n) is 10.4. The molecule has 0 heterocycles. The number of benzene rings is 2. The Kier molecular flexibility index (Phi) is 4.82. The molecule has 2 aromatic carbocycles. The molecule has 0 radical (unpaired) electrons. The molecule has 0 saturated carbocycles. The van der Waals surface area contributed by atoms with Crippen LogP contribution < -0.4 is 16.0 Å². The molecular weight excluding hydrogens is 328 g/mol. The molecule has 2 aromatic rings. The summed E-state index contributed by atoms with van der Waals surface area (Å²) in [6.07, 6.45) is 0. The number of hydrazine groups is 1. The highest BCUT2D eigenvalue weighted by Crippen LogP contribution is 2.32. The molecule has 0 aliphatic rings. The molecule has 0 aliphatic heterocycles. The highest BCUT2D eigenvalue weighted by Gasteiger charge is 2.17. The molecule has 3 N–H and O–H groups in total. The van der Waals surface area contributed by atoms with Gasteiger partial charge in [-0.25, -0.2) is 5.43 Å². The molecule has 2 rings (SSSR count). The maximum atomic E-state index is 6.08. The lowest BCUT2D eigenvalue weighted by Gasteiger charge is -2.20. The van der Waals surface area contributed by atoms with Crippen molar-refractivity contribution in [1.82, 2.24) is 5.43 Å². The quantitative estimate of drug-likeness (QED) is 0.659. The fraction of sp³-hybridized carbons (Fsp3) is 0.143. The second kappa shape index (κ2) is 6.39. The first-order valence-electron chi connectivity index (χ1n) is 5.70. The first-order valence-corrected chi connectivity index (χ1v) is 6.88. The smallest absolute Gasteiger partial charge is 0.124 e. The van der Waals surface area contributed by atoms with Crippen LogP contribution in [0.15, 0.2) is 46.9 Å². The molecule has 0 amide bonds. The molecule has 1 unspecified atom stereocenters. The minimum Gasteiger partial charge on any atom is -0.496 e. The van der Waals surface area contributed by atoms with Crippen LogP contribution in [0.5, 0.6) is 5.75 Å². The van der Waals surface area contributed by atoms with E-state index in [4.69, 9.17) is 22.2 Å². The van der Waals surface area contributed by atoms with Gasteiger partial charge >= 0.3 is 0 Å². The number of hydrogen-bond acceptors (Lipinski definition) is 3. The van der Waals surface area contributed by atoms with Gasteiger partial charge in [0.1, 0.15) is 5.75 Å². The van der Waals surface area contributed by atoms with Gasteiger partial charge in [-0.1, -0.05) is 45.7 Å². The van der Waals surface area contributed by atoms with Gasteiger partial charge in [-0.05, 0) is 29.8 Å². The van der Waals surface area contributed by atoms with Gasteiger partial charge < -0.3 is 4.74 Å². The highest BCUT2D eigenvalue weighted by atomic mass is 79.9. The van der Waals surface area contributed by atoms with Crippen LogP contribution in [-0.2, 0) is 0 Å². The molecule has 0 spiro atoms. The van der Waals surface area contributed by atoms with Crippen molar-refractivity contribution in [1.29, 1.82) is 0 Å². The van der Waals surface area contributed by atoms with Gasteiger partial charge in [0, 0.05) is 15.1 Å². The Labute approximate surface area is 125 Å². The van der Waals surface area contributed by atoms with E-state index in [-0.39, 0.29) is 6.04 Å². The van der Waals surface area contributed by atoms with Gasteiger partial charge in [0.15, 0.2) is 0 Å². The second-order valence-corrected chi connectivity index (χ2v) is 5.40. The highest BCUT2D eigenvalue weighted by molar-refractivity contribution is 9.10. The summed E-state index contributed by atoms with van der Waals surface area (Å²) in [5, 5.41) is 0.652. The maximum Gasteiger partial charge on any atom is 0.124 e. The van der Waals surface area contributed by atoms with Crippen LogP contribution in [0.4, 0.5) is 0 Å². The first kappa shape index (κ1) is 14.3. The molecule has 0 bridgehead atoms. The van der Waals surface area contributed by atoms with Crippen LogP contribution in [-0.4, -0.2) is 7.11 Å². The zero-order chi connectivity index (χ0) is 13.8. The Morgan fingerprint density at radius 1 is 1.26 bits per heavy atom. The van der Waals surface area contributed by atoms with Crippen molar-refractivity contribution in [3.05, 3.63) is 63.1 Å². The molecule has 100 valence electrons. The summed E-state index contributed by atoms with van der Waals surface area (Å²) in [7, 11) is 1.64. The Morgan fingerprint density at radius 3 is 2.63 bits per heavy atom. The third kappa shape index (κ3) is 3.28. The summed E-state index contributed by atoms with van der Waals surface area (Å²) in [4.78, 5) is 0. The summed E-state index contributed by atoms with van der Waals surface area (Å²) >= 11 is 9.52. The van der Waals surface area contributed by atoms with E-state index < -0.39 is 0 Å².